The molecule has 0 saturated heterocycles. The molecule has 0 fully saturated rings. The van der Waals surface area contributed by atoms with Gasteiger partial charge in [0.15, 0.2) is 5.69 Å². The van der Waals surface area contributed by atoms with Gasteiger partial charge in [0, 0.05) is 25.6 Å². The van der Waals surface area contributed by atoms with Gasteiger partial charge in [-0.05, 0) is 6.07 Å². The number of nitrogens with one attached hydrogen (secondary N) is 1. The van der Waals surface area contributed by atoms with Gasteiger partial charge in [0.05, 0.1) is 18.6 Å². The van der Waals surface area contributed by atoms with Crippen LogP contribution in [0.4, 0.5) is 0 Å². The maximum atomic E-state index is 12.5. The van der Waals surface area contributed by atoms with Crippen molar-refractivity contribution >= 4 is 16.7 Å². The number of aromatic amines is 1. The van der Waals surface area contributed by atoms with Crippen LogP contribution in [-0.4, -0.2) is 59.5 Å². The lowest BCUT2D eigenvalue weighted by atomic mass is 10.1. The number of ether oxygens (including phenoxy) is 1. The first kappa shape index (κ1) is 15.1. The number of aliphatic hydroxyl groups is 1. The molecule has 0 aliphatic rings. The molecule has 7 heteroatoms. The Kier molecular flexibility index (Phi) is 5.02. The summed E-state index contributed by atoms with van der Waals surface area (Å²) in [5, 5.41) is 16.2. The molecule has 0 aliphatic heterocycles. The fourth-order valence-corrected chi connectivity index (χ4v) is 2.06. The van der Waals surface area contributed by atoms with Crippen molar-refractivity contribution in [2.75, 3.05) is 33.4 Å². The fourth-order valence-electron chi connectivity index (χ4n) is 2.06. The summed E-state index contributed by atoms with van der Waals surface area (Å²) < 4.78 is 4.96. The van der Waals surface area contributed by atoms with Gasteiger partial charge in [0.25, 0.3) is 11.5 Å². The van der Waals surface area contributed by atoms with E-state index in [1.54, 1.807) is 24.3 Å². The molecule has 0 aliphatic carbocycles. The number of hydrogen-bond acceptors (Lipinski definition) is 5. The van der Waals surface area contributed by atoms with Gasteiger partial charge in [-0.1, -0.05) is 18.2 Å². The first-order valence-corrected chi connectivity index (χ1v) is 6.55. The topological polar surface area (TPSA) is 95.5 Å². The molecule has 0 saturated carbocycles. The molecular weight excluding hydrogens is 274 g/mol. The molecular formula is C14H17N3O4. The summed E-state index contributed by atoms with van der Waals surface area (Å²) in [7, 11) is 1.54. The summed E-state index contributed by atoms with van der Waals surface area (Å²) in [5.74, 6) is -0.353. The van der Waals surface area contributed by atoms with E-state index < -0.39 is 0 Å². The quantitative estimate of drug-likeness (QED) is 0.781. The number of aliphatic hydroxyl groups excluding tert-OH is 1. The molecule has 1 aromatic carbocycles. The van der Waals surface area contributed by atoms with E-state index in [-0.39, 0.29) is 30.3 Å². The Morgan fingerprint density at radius 2 is 2.05 bits per heavy atom. The van der Waals surface area contributed by atoms with Gasteiger partial charge in [-0.15, -0.1) is 0 Å². The SMILES string of the molecule is COCCN(CCO)C(=O)c1n[nH]c(=O)c2ccccc12. The van der Waals surface area contributed by atoms with Crippen LogP contribution >= 0.6 is 0 Å². The monoisotopic (exact) mass is 291 g/mol. The van der Waals surface area contributed by atoms with Crippen LogP contribution in [0.1, 0.15) is 10.5 Å². The number of benzene rings is 1. The first-order valence-electron chi connectivity index (χ1n) is 6.55. The van der Waals surface area contributed by atoms with E-state index >= 15 is 0 Å². The Hall–Kier alpha value is -2.25. The van der Waals surface area contributed by atoms with Crippen LogP contribution in [0.5, 0.6) is 0 Å². The Labute approximate surface area is 121 Å². The molecule has 2 aromatic rings. The van der Waals surface area contributed by atoms with Gasteiger partial charge in [0.2, 0.25) is 0 Å². The van der Waals surface area contributed by atoms with Crippen molar-refractivity contribution < 1.29 is 14.6 Å². The Morgan fingerprint density at radius 1 is 1.33 bits per heavy atom. The van der Waals surface area contributed by atoms with E-state index in [0.717, 1.165) is 0 Å². The highest BCUT2D eigenvalue weighted by Gasteiger charge is 2.20. The molecule has 1 heterocycles. The maximum Gasteiger partial charge on any atom is 0.275 e. The fraction of sp³-hybridized carbons (Fsp3) is 0.357. The molecule has 0 radical (unpaired) electrons. The molecule has 2 N–H and O–H groups in total. The van der Waals surface area contributed by atoms with Crippen molar-refractivity contribution in [1.82, 2.24) is 15.1 Å². The molecule has 1 aromatic heterocycles. The van der Waals surface area contributed by atoms with E-state index in [1.165, 1.54) is 12.0 Å². The summed E-state index contributed by atoms with van der Waals surface area (Å²) in [5.41, 5.74) is -0.178. The smallest absolute Gasteiger partial charge is 0.275 e. The largest absolute Gasteiger partial charge is 0.395 e. The highest BCUT2D eigenvalue weighted by atomic mass is 16.5. The number of amides is 1. The average Bonchev–Trinajstić information content (AvgIpc) is 2.51. The molecule has 0 spiro atoms. The lowest BCUT2D eigenvalue weighted by Gasteiger charge is -2.21. The number of carbonyl (C=O) groups is 1. The highest BCUT2D eigenvalue weighted by Crippen LogP contribution is 2.14. The lowest BCUT2D eigenvalue weighted by molar-refractivity contribution is 0.0652. The number of aromatic nitrogens is 2. The van der Waals surface area contributed by atoms with Crippen LogP contribution in [0.2, 0.25) is 0 Å². The van der Waals surface area contributed by atoms with Crippen molar-refractivity contribution in [1.29, 1.82) is 0 Å². The molecule has 0 atom stereocenters. The molecule has 0 unspecified atom stereocenters. The van der Waals surface area contributed by atoms with E-state index in [4.69, 9.17) is 9.84 Å². The van der Waals surface area contributed by atoms with Crippen LogP contribution in [0.25, 0.3) is 10.8 Å². The normalized spacial score (nSPS) is 10.8. The van der Waals surface area contributed by atoms with Gasteiger partial charge in [-0.3, -0.25) is 9.59 Å². The van der Waals surface area contributed by atoms with Crippen LogP contribution in [0, 0.1) is 0 Å². The van der Waals surface area contributed by atoms with Crippen molar-refractivity contribution in [2.45, 2.75) is 0 Å². The Morgan fingerprint density at radius 3 is 2.71 bits per heavy atom. The van der Waals surface area contributed by atoms with Crippen LogP contribution in [0.3, 0.4) is 0 Å². The minimum Gasteiger partial charge on any atom is -0.395 e. The average molecular weight is 291 g/mol. The summed E-state index contributed by atoms with van der Waals surface area (Å²) in [6.07, 6.45) is 0. The van der Waals surface area contributed by atoms with Gasteiger partial charge in [-0.2, -0.15) is 5.10 Å². The second kappa shape index (κ2) is 6.96. The predicted octanol–water partition coefficient (Wildman–Crippen LogP) is 0.00400. The third kappa shape index (κ3) is 3.26. The summed E-state index contributed by atoms with van der Waals surface area (Å²) in [6, 6.07) is 6.78. The number of H-pyrrole nitrogens is 1. The molecule has 7 nitrogen and oxygen atoms in total. The third-order valence-corrected chi connectivity index (χ3v) is 3.12. The second-order valence-corrected chi connectivity index (χ2v) is 4.46. The standard InChI is InChI=1S/C14H17N3O4/c1-21-9-7-17(6-8-18)14(20)12-10-4-2-3-5-11(10)13(19)16-15-12/h2-5,18H,6-9H2,1H3,(H,16,19). The van der Waals surface area contributed by atoms with Crippen molar-refractivity contribution in [3.8, 4) is 0 Å². The number of fused-ring (bicyclic) bond motifs is 1. The number of rotatable bonds is 6. The summed E-state index contributed by atoms with van der Waals surface area (Å²) >= 11 is 0. The number of methoxy groups -OCH3 is 1. The van der Waals surface area contributed by atoms with Crippen LogP contribution in [0.15, 0.2) is 29.1 Å². The Bertz CT molecular complexity index is 683. The van der Waals surface area contributed by atoms with E-state index in [1.807, 2.05) is 0 Å². The maximum absolute atomic E-state index is 12.5. The van der Waals surface area contributed by atoms with Crippen LogP contribution < -0.4 is 5.56 Å². The van der Waals surface area contributed by atoms with Crippen molar-refractivity contribution in [2.24, 2.45) is 0 Å². The molecule has 0 bridgehead atoms. The molecule has 2 rings (SSSR count). The summed E-state index contributed by atoms with van der Waals surface area (Å²) in [4.78, 5) is 25.7. The van der Waals surface area contributed by atoms with Gasteiger partial charge >= 0.3 is 0 Å². The minimum absolute atomic E-state index is 0.156. The zero-order chi connectivity index (χ0) is 15.2. The Balaban J connectivity index is 2.42. The van der Waals surface area contributed by atoms with E-state index in [2.05, 4.69) is 10.2 Å². The lowest BCUT2D eigenvalue weighted by Crippen LogP contribution is -2.37. The minimum atomic E-state index is -0.353. The number of carbonyl (C=O) groups excluding carboxylic acids is 1. The van der Waals surface area contributed by atoms with E-state index in [9.17, 15) is 9.59 Å². The van der Waals surface area contributed by atoms with Crippen LogP contribution in [-0.2, 0) is 4.74 Å². The zero-order valence-corrected chi connectivity index (χ0v) is 11.7. The summed E-state index contributed by atoms with van der Waals surface area (Å²) in [6.45, 7) is 0.714. The van der Waals surface area contributed by atoms with Gasteiger partial charge in [0.1, 0.15) is 0 Å². The van der Waals surface area contributed by atoms with Crippen molar-refractivity contribution in [3.63, 3.8) is 0 Å². The number of nitrogens with zero attached hydrogens (tertiary/aromatic N) is 2. The molecule has 21 heavy (non-hydrogen) atoms. The number of hydrogen-bond donors (Lipinski definition) is 2. The van der Waals surface area contributed by atoms with Gasteiger partial charge in [-0.25, -0.2) is 5.10 Å². The first-order chi connectivity index (χ1) is 10.2. The molecule has 112 valence electrons. The van der Waals surface area contributed by atoms with Crippen molar-refractivity contribution in [3.05, 3.63) is 40.3 Å². The predicted molar refractivity (Wildman–Crippen MR) is 77.2 cm³/mol. The second-order valence-electron chi connectivity index (χ2n) is 4.46. The molecule has 1 amide bonds. The highest BCUT2D eigenvalue weighted by molar-refractivity contribution is 6.04. The van der Waals surface area contributed by atoms with Gasteiger partial charge < -0.3 is 14.7 Å². The third-order valence-electron chi connectivity index (χ3n) is 3.12. The zero-order valence-electron chi connectivity index (χ0n) is 11.7. The van der Waals surface area contributed by atoms with E-state index in [0.29, 0.717) is 23.9 Å².